The average Bonchev–Trinajstić information content (AvgIpc) is 2.44. The molecule has 0 N–H and O–H groups in total. The minimum Gasteiger partial charge on any atom is -0.472 e. The maximum atomic E-state index is 12.2. The molecule has 110 valence electrons. The first-order valence-electron chi connectivity index (χ1n) is 6.73. The average molecular weight is 304 g/mol. The van der Waals surface area contributed by atoms with Gasteiger partial charge in [-0.2, -0.15) is 4.31 Å². The van der Waals surface area contributed by atoms with Crippen LogP contribution in [-0.2, 0) is 15.8 Å². The lowest BCUT2D eigenvalue weighted by Crippen LogP contribution is -2.56. The van der Waals surface area contributed by atoms with Gasteiger partial charge < -0.3 is 4.74 Å². The van der Waals surface area contributed by atoms with Crippen molar-refractivity contribution in [2.75, 3.05) is 13.1 Å². The van der Waals surface area contributed by atoms with Crippen LogP contribution in [0.2, 0.25) is 0 Å². The van der Waals surface area contributed by atoms with Crippen molar-refractivity contribution in [3.05, 3.63) is 60.3 Å². The molecule has 0 amide bonds. The lowest BCUT2D eigenvalue weighted by molar-refractivity contribution is 0.0720. The van der Waals surface area contributed by atoms with Crippen molar-refractivity contribution in [2.45, 2.75) is 11.9 Å². The second-order valence-electron chi connectivity index (χ2n) is 4.97. The molecule has 3 rings (SSSR count). The number of pyridine rings is 1. The summed E-state index contributed by atoms with van der Waals surface area (Å²) in [6.07, 6.45) is 1.53. The summed E-state index contributed by atoms with van der Waals surface area (Å²) < 4.78 is 31.5. The molecule has 0 bridgehead atoms. The van der Waals surface area contributed by atoms with Gasteiger partial charge in [-0.1, -0.05) is 36.4 Å². The van der Waals surface area contributed by atoms with Gasteiger partial charge in [0, 0.05) is 12.3 Å². The molecule has 0 saturated carbocycles. The molecule has 1 aromatic carbocycles. The first-order chi connectivity index (χ1) is 10.1. The predicted octanol–water partition coefficient (Wildman–Crippen LogP) is 1.67. The zero-order valence-corrected chi connectivity index (χ0v) is 12.2. The SMILES string of the molecule is O=S(=O)(Cc1ccccc1)N1CC(Oc2ccccn2)C1. The highest BCUT2D eigenvalue weighted by Crippen LogP contribution is 2.21. The van der Waals surface area contributed by atoms with Gasteiger partial charge in [0.15, 0.2) is 0 Å². The molecular weight excluding hydrogens is 288 g/mol. The Hall–Kier alpha value is -1.92. The van der Waals surface area contributed by atoms with E-state index in [-0.39, 0.29) is 11.9 Å². The summed E-state index contributed by atoms with van der Waals surface area (Å²) in [7, 11) is -3.27. The largest absolute Gasteiger partial charge is 0.472 e. The first-order valence-corrected chi connectivity index (χ1v) is 8.34. The number of aromatic nitrogens is 1. The van der Waals surface area contributed by atoms with E-state index in [1.807, 2.05) is 42.5 Å². The number of benzene rings is 1. The molecule has 2 aromatic rings. The Morgan fingerprint density at radius 2 is 1.81 bits per heavy atom. The van der Waals surface area contributed by atoms with Crippen molar-refractivity contribution >= 4 is 10.0 Å². The van der Waals surface area contributed by atoms with Crippen molar-refractivity contribution in [2.24, 2.45) is 0 Å². The fourth-order valence-corrected chi connectivity index (χ4v) is 3.75. The van der Waals surface area contributed by atoms with E-state index in [9.17, 15) is 8.42 Å². The minimum atomic E-state index is -3.27. The minimum absolute atomic E-state index is 0.0319. The van der Waals surface area contributed by atoms with Gasteiger partial charge in [-0.3, -0.25) is 0 Å². The number of sulfonamides is 1. The van der Waals surface area contributed by atoms with E-state index in [2.05, 4.69) is 4.98 Å². The quantitative estimate of drug-likeness (QED) is 0.843. The molecule has 0 atom stereocenters. The molecule has 0 radical (unpaired) electrons. The molecule has 21 heavy (non-hydrogen) atoms. The molecule has 1 aliphatic rings. The van der Waals surface area contributed by atoms with Gasteiger partial charge in [-0.25, -0.2) is 13.4 Å². The molecule has 2 heterocycles. The Bertz CT molecular complexity index is 683. The Kier molecular flexibility index (Phi) is 3.90. The fraction of sp³-hybridized carbons (Fsp3) is 0.267. The number of ether oxygens (including phenoxy) is 1. The lowest BCUT2D eigenvalue weighted by Gasteiger charge is -2.37. The molecule has 0 spiro atoms. The highest BCUT2D eigenvalue weighted by Gasteiger charge is 2.37. The number of hydrogen-bond acceptors (Lipinski definition) is 4. The Balaban J connectivity index is 1.55. The van der Waals surface area contributed by atoms with Gasteiger partial charge in [0.2, 0.25) is 15.9 Å². The monoisotopic (exact) mass is 304 g/mol. The van der Waals surface area contributed by atoms with Crippen LogP contribution in [0.25, 0.3) is 0 Å². The van der Waals surface area contributed by atoms with Gasteiger partial charge in [0.1, 0.15) is 6.10 Å². The van der Waals surface area contributed by atoms with E-state index in [1.165, 1.54) is 4.31 Å². The summed E-state index contributed by atoms with van der Waals surface area (Å²) >= 11 is 0. The maximum Gasteiger partial charge on any atom is 0.218 e. The van der Waals surface area contributed by atoms with E-state index in [1.54, 1.807) is 12.3 Å². The first kappa shape index (κ1) is 14.0. The summed E-state index contributed by atoms with van der Waals surface area (Å²) in [6, 6.07) is 14.6. The van der Waals surface area contributed by atoms with Gasteiger partial charge in [0.05, 0.1) is 18.8 Å². The molecule has 1 aromatic heterocycles. The van der Waals surface area contributed by atoms with Crippen LogP contribution >= 0.6 is 0 Å². The summed E-state index contributed by atoms with van der Waals surface area (Å²) in [4.78, 5) is 4.07. The molecular formula is C15H16N2O3S. The van der Waals surface area contributed by atoms with E-state index < -0.39 is 10.0 Å². The fourth-order valence-electron chi connectivity index (χ4n) is 2.17. The number of nitrogens with zero attached hydrogens (tertiary/aromatic N) is 2. The summed E-state index contributed by atoms with van der Waals surface area (Å²) in [6.45, 7) is 0.761. The van der Waals surface area contributed by atoms with Gasteiger partial charge in [-0.15, -0.1) is 0 Å². The van der Waals surface area contributed by atoms with E-state index in [0.29, 0.717) is 19.0 Å². The van der Waals surface area contributed by atoms with Gasteiger partial charge in [0.25, 0.3) is 0 Å². The summed E-state index contributed by atoms with van der Waals surface area (Å²) in [5.74, 6) is 0.562. The Morgan fingerprint density at radius 1 is 1.10 bits per heavy atom. The van der Waals surface area contributed by atoms with Crippen molar-refractivity contribution < 1.29 is 13.2 Å². The highest BCUT2D eigenvalue weighted by molar-refractivity contribution is 7.88. The van der Waals surface area contributed by atoms with Crippen LogP contribution in [0.3, 0.4) is 0 Å². The smallest absolute Gasteiger partial charge is 0.218 e. The van der Waals surface area contributed by atoms with Crippen LogP contribution in [0.1, 0.15) is 5.56 Å². The molecule has 6 heteroatoms. The predicted molar refractivity (Wildman–Crippen MR) is 79.3 cm³/mol. The third-order valence-electron chi connectivity index (χ3n) is 3.32. The summed E-state index contributed by atoms with van der Waals surface area (Å²) in [5.41, 5.74) is 0.798. The molecule has 0 unspecified atom stereocenters. The van der Waals surface area contributed by atoms with Crippen molar-refractivity contribution in [3.8, 4) is 5.88 Å². The van der Waals surface area contributed by atoms with Crippen LogP contribution in [0, 0.1) is 0 Å². The van der Waals surface area contributed by atoms with E-state index >= 15 is 0 Å². The van der Waals surface area contributed by atoms with Gasteiger partial charge >= 0.3 is 0 Å². The van der Waals surface area contributed by atoms with Crippen LogP contribution in [-0.4, -0.2) is 36.9 Å². The van der Waals surface area contributed by atoms with Crippen LogP contribution < -0.4 is 4.74 Å². The van der Waals surface area contributed by atoms with Crippen molar-refractivity contribution in [1.29, 1.82) is 0 Å². The van der Waals surface area contributed by atoms with Crippen LogP contribution in [0.4, 0.5) is 0 Å². The molecule has 1 aliphatic heterocycles. The highest BCUT2D eigenvalue weighted by atomic mass is 32.2. The maximum absolute atomic E-state index is 12.2. The molecule has 1 saturated heterocycles. The standard InChI is InChI=1S/C15H16N2O3S/c18-21(19,12-13-6-2-1-3-7-13)17-10-14(11-17)20-15-8-4-5-9-16-15/h1-9,14H,10-12H2. The van der Waals surface area contributed by atoms with Crippen molar-refractivity contribution in [1.82, 2.24) is 9.29 Å². The van der Waals surface area contributed by atoms with Crippen LogP contribution in [0.15, 0.2) is 54.7 Å². The Labute approximate surface area is 124 Å². The van der Waals surface area contributed by atoms with Crippen molar-refractivity contribution in [3.63, 3.8) is 0 Å². The molecule has 0 aliphatic carbocycles. The second-order valence-corrected chi connectivity index (χ2v) is 6.94. The zero-order valence-electron chi connectivity index (χ0n) is 11.4. The normalized spacial score (nSPS) is 16.4. The second kappa shape index (κ2) is 5.83. The number of rotatable bonds is 5. The lowest BCUT2D eigenvalue weighted by atomic mass is 10.2. The van der Waals surface area contributed by atoms with E-state index in [0.717, 1.165) is 5.56 Å². The van der Waals surface area contributed by atoms with E-state index in [4.69, 9.17) is 4.74 Å². The Morgan fingerprint density at radius 3 is 2.48 bits per heavy atom. The molecule has 1 fully saturated rings. The summed E-state index contributed by atoms with van der Waals surface area (Å²) in [5, 5.41) is 0. The number of hydrogen-bond donors (Lipinski definition) is 0. The third-order valence-corrected chi connectivity index (χ3v) is 5.11. The molecule has 5 nitrogen and oxygen atoms in total. The third kappa shape index (κ3) is 3.40. The topological polar surface area (TPSA) is 59.5 Å². The van der Waals surface area contributed by atoms with Crippen LogP contribution in [0.5, 0.6) is 5.88 Å². The zero-order chi connectivity index (χ0) is 14.7. The van der Waals surface area contributed by atoms with Gasteiger partial charge in [-0.05, 0) is 11.6 Å².